The van der Waals surface area contributed by atoms with E-state index in [1.165, 1.54) is 38.6 Å². The number of phenols is 1. The lowest BCUT2D eigenvalue weighted by molar-refractivity contribution is 0.0712. The fourth-order valence-electron chi connectivity index (χ4n) is 5.01. The van der Waals surface area contributed by atoms with Crippen LogP contribution < -0.4 is 0 Å². The minimum absolute atomic E-state index is 0.0246. The standard InChI is InChI=1S/C22H28N4O2/c27-21-7-2-1-6-18(21)19-10-20(24-23-19)22(28)26-13-16-8-9-17(14-26)25(12-16)11-15-4-3-5-15/h1-2,6-7,10,15-17,27H,3-5,8-9,11-14H2,(H,23,24)/t16-,17-/m1/s1. The van der Waals surface area contributed by atoms with Crippen molar-refractivity contribution in [1.82, 2.24) is 20.0 Å². The summed E-state index contributed by atoms with van der Waals surface area (Å²) in [6, 6.07) is 9.33. The lowest BCUT2D eigenvalue weighted by atomic mass is 9.83. The van der Waals surface area contributed by atoms with Crippen molar-refractivity contribution in [2.75, 3.05) is 26.2 Å². The van der Waals surface area contributed by atoms with Gasteiger partial charge in [-0.3, -0.25) is 14.8 Å². The molecule has 2 bridgehead atoms. The maximum atomic E-state index is 13.2. The molecule has 0 spiro atoms. The molecule has 2 N–H and O–H groups in total. The van der Waals surface area contributed by atoms with Gasteiger partial charge in [0.1, 0.15) is 11.4 Å². The van der Waals surface area contributed by atoms with Crippen LogP contribution >= 0.6 is 0 Å². The van der Waals surface area contributed by atoms with Crippen LogP contribution in [0, 0.1) is 11.8 Å². The molecule has 6 rings (SSSR count). The first kappa shape index (κ1) is 17.7. The number of H-pyrrole nitrogens is 1. The van der Waals surface area contributed by atoms with Crippen LogP contribution in [-0.4, -0.2) is 63.2 Å². The monoisotopic (exact) mass is 380 g/mol. The van der Waals surface area contributed by atoms with Gasteiger partial charge < -0.3 is 10.0 Å². The van der Waals surface area contributed by atoms with E-state index in [4.69, 9.17) is 0 Å². The van der Waals surface area contributed by atoms with Crippen molar-refractivity contribution in [3.8, 4) is 17.0 Å². The number of amides is 1. The molecule has 2 aromatic rings. The average molecular weight is 380 g/mol. The van der Waals surface area contributed by atoms with Gasteiger partial charge in [0.15, 0.2) is 0 Å². The van der Waals surface area contributed by atoms with Crippen molar-refractivity contribution in [2.24, 2.45) is 11.8 Å². The van der Waals surface area contributed by atoms with E-state index < -0.39 is 0 Å². The molecule has 4 aliphatic rings. The number of carbonyl (C=O) groups excluding carboxylic acids is 1. The summed E-state index contributed by atoms with van der Waals surface area (Å²) in [5.41, 5.74) is 1.75. The van der Waals surface area contributed by atoms with Crippen LogP contribution in [0.2, 0.25) is 0 Å². The van der Waals surface area contributed by atoms with Gasteiger partial charge in [0, 0.05) is 37.8 Å². The quantitative estimate of drug-likeness (QED) is 0.855. The highest BCUT2D eigenvalue weighted by molar-refractivity contribution is 5.93. The van der Waals surface area contributed by atoms with Crippen molar-refractivity contribution < 1.29 is 9.90 Å². The van der Waals surface area contributed by atoms with Crippen LogP contribution in [0.3, 0.4) is 0 Å². The lowest BCUT2D eigenvalue weighted by Gasteiger charge is -2.40. The molecule has 1 aromatic carbocycles. The number of phenolic OH excluding ortho intramolecular Hbond substituents is 1. The first-order valence-electron chi connectivity index (χ1n) is 10.5. The van der Waals surface area contributed by atoms with E-state index in [2.05, 4.69) is 15.1 Å². The number of aromatic amines is 1. The van der Waals surface area contributed by atoms with E-state index >= 15 is 0 Å². The highest BCUT2D eigenvalue weighted by Crippen LogP contribution is 2.34. The maximum Gasteiger partial charge on any atom is 0.271 e. The average Bonchev–Trinajstić information content (AvgIpc) is 2.97. The third kappa shape index (κ3) is 3.30. The van der Waals surface area contributed by atoms with Gasteiger partial charge >= 0.3 is 0 Å². The molecule has 0 radical (unpaired) electrons. The molecular formula is C22H28N4O2. The Bertz CT molecular complexity index is 860. The van der Waals surface area contributed by atoms with E-state index in [9.17, 15) is 9.90 Å². The molecule has 1 aromatic heterocycles. The number of aromatic nitrogens is 2. The first-order chi connectivity index (χ1) is 13.7. The normalized spacial score (nSPS) is 25.5. The largest absolute Gasteiger partial charge is 0.507 e. The van der Waals surface area contributed by atoms with Crippen molar-refractivity contribution in [2.45, 2.75) is 38.1 Å². The van der Waals surface area contributed by atoms with Crippen molar-refractivity contribution in [3.05, 3.63) is 36.0 Å². The Morgan fingerprint density at radius 1 is 1.14 bits per heavy atom. The minimum atomic E-state index is 0.0246. The molecule has 4 fully saturated rings. The Labute approximate surface area is 165 Å². The Hall–Kier alpha value is -2.34. The zero-order chi connectivity index (χ0) is 19.1. The van der Waals surface area contributed by atoms with E-state index in [0.29, 0.717) is 28.9 Å². The number of para-hydroxylation sites is 1. The van der Waals surface area contributed by atoms with Crippen LogP contribution in [0.25, 0.3) is 11.3 Å². The van der Waals surface area contributed by atoms with Gasteiger partial charge in [0.05, 0.1) is 5.69 Å². The molecule has 1 saturated carbocycles. The third-order valence-corrected chi connectivity index (χ3v) is 6.82. The fourth-order valence-corrected chi connectivity index (χ4v) is 5.01. The minimum Gasteiger partial charge on any atom is -0.507 e. The summed E-state index contributed by atoms with van der Waals surface area (Å²) in [6.45, 7) is 4.00. The van der Waals surface area contributed by atoms with Gasteiger partial charge in [-0.15, -0.1) is 0 Å². The van der Waals surface area contributed by atoms with Crippen LogP contribution in [0.15, 0.2) is 30.3 Å². The van der Waals surface area contributed by atoms with E-state index in [1.807, 2.05) is 17.0 Å². The zero-order valence-corrected chi connectivity index (χ0v) is 16.2. The molecule has 3 saturated heterocycles. The number of hydrogen-bond acceptors (Lipinski definition) is 4. The molecule has 6 heteroatoms. The van der Waals surface area contributed by atoms with Gasteiger partial charge in [0.2, 0.25) is 0 Å². The smallest absolute Gasteiger partial charge is 0.271 e. The number of hydrogen-bond donors (Lipinski definition) is 2. The van der Waals surface area contributed by atoms with Crippen molar-refractivity contribution >= 4 is 5.91 Å². The number of rotatable bonds is 4. The number of piperidine rings is 1. The van der Waals surface area contributed by atoms with E-state index in [0.717, 1.165) is 25.6 Å². The summed E-state index contributed by atoms with van der Waals surface area (Å²) in [4.78, 5) is 17.8. The predicted octanol–water partition coefficient (Wildman–Crippen LogP) is 3.12. The Balaban J connectivity index is 1.31. The molecule has 3 aliphatic heterocycles. The summed E-state index contributed by atoms with van der Waals surface area (Å²) in [5, 5.41) is 17.2. The number of fused-ring (bicyclic) bond motifs is 4. The van der Waals surface area contributed by atoms with Crippen LogP contribution in [-0.2, 0) is 0 Å². The van der Waals surface area contributed by atoms with Gasteiger partial charge in [-0.2, -0.15) is 5.10 Å². The molecule has 1 aliphatic carbocycles. The summed E-state index contributed by atoms with van der Waals surface area (Å²) >= 11 is 0. The number of aromatic hydroxyl groups is 1. The second kappa shape index (κ2) is 7.24. The molecule has 0 unspecified atom stereocenters. The lowest BCUT2D eigenvalue weighted by Crippen LogP contribution is -2.47. The highest BCUT2D eigenvalue weighted by atomic mass is 16.3. The topological polar surface area (TPSA) is 72.5 Å². The third-order valence-electron chi connectivity index (χ3n) is 6.82. The summed E-state index contributed by atoms with van der Waals surface area (Å²) in [5.74, 6) is 1.64. The number of nitrogens with one attached hydrogen (secondary N) is 1. The fraction of sp³-hybridized carbons (Fsp3) is 0.545. The maximum absolute atomic E-state index is 13.2. The molecular weight excluding hydrogens is 352 g/mol. The van der Waals surface area contributed by atoms with Crippen molar-refractivity contribution in [3.63, 3.8) is 0 Å². The number of benzene rings is 1. The van der Waals surface area contributed by atoms with E-state index in [1.54, 1.807) is 18.2 Å². The number of carbonyl (C=O) groups is 1. The Morgan fingerprint density at radius 2 is 2.00 bits per heavy atom. The SMILES string of the molecule is O=C(c1cc(-c2ccccc2O)n[nH]1)N1C[C@@H]2CC[C@H](C1)N(CC1CCC1)C2. The first-order valence-corrected chi connectivity index (χ1v) is 10.5. The van der Waals surface area contributed by atoms with Gasteiger partial charge in [-0.25, -0.2) is 0 Å². The second-order valence-corrected chi connectivity index (χ2v) is 8.74. The second-order valence-electron chi connectivity index (χ2n) is 8.74. The molecule has 6 nitrogen and oxygen atoms in total. The summed E-state index contributed by atoms with van der Waals surface area (Å²) in [7, 11) is 0. The van der Waals surface area contributed by atoms with Crippen LogP contribution in [0.4, 0.5) is 0 Å². The van der Waals surface area contributed by atoms with Gasteiger partial charge in [-0.1, -0.05) is 18.6 Å². The van der Waals surface area contributed by atoms with Crippen LogP contribution in [0.1, 0.15) is 42.6 Å². The zero-order valence-electron chi connectivity index (χ0n) is 16.2. The molecule has 1 amide bonds. The van der Waals surface area contributed by atoms with E-state index in [-0.39, 0.29) is 11.7 Å². The summed E-state index contributed by atoms with van der Waals surface area (Å²) < 4.78 is 0. The van der Waals surface area contributed by atoms with Gasteiger partial charge in [-0.05, 0) is 55.7 Å². The number of nitrogens with zero attached hydrogens (tertiary/aromatic N) is 3. The Morgan fingerprint density at radius 3 is 2.79 bits per heavy atom. The predicted molar refractivity (Wildman–Crippen MR) is 107 cm³/mol. The molecule has 4 heterocycles. The Kier molecular flexibility index (Phi) is 4.59. The molecule has 148 valence electrons. The molecule has 28 heavy (non-hydrogen) atoms. The van der Waals surface area contributed by atoms with Crippen LogP contribution in [0.5, 0.6) is 5.75 Å². The van der Waals surface area contributed by atoms with Gasteiger partial charge in [0.25, 0.3) is 5.91 Å². The highest BCUT2D eigenvalue weighted by Gasteiger charge is 2.38. The molecule has 2 atom stereocenters. The summed E-state index contributed by atoms with van der Waals surface area (Å²) in [6.07, 6.45) is 6.56. The van der Waals surface area contributed by atoms with Crippen molar-refractivity contribution in [1.29, 1.82) is 0 Å².